The summed E-state index contributed by atoms with van der Waals surface area (Å²) in [6, 6.07) is 20.6. The van der Waals surface area contributed by atoms with Gasteiger partial charge in [-0.25, -0.2) is 4.99 Å². The van der Waals surface area contributed by atoms with Gasteiger partial charge in [0.15, 0.2) is 5.17 Å². The molecule has 2 fully saturated rings. The Morgan fingerprint density at radius 1 is 1.00 bits per heavy atom. The number of amides is 1. The fourth-order valence-electron chi connectivity index (χ4n) is 5.15. The average molecular weight is 529 g/mol. The van der Waals surface area contributed by atoms with E-state index in [9.17, 15) is 4.79 Å². The fraction of sp³-hybridized carbons (Fsp3) is 0.355. The van der Waals surface area contributed by atoms with Crippen LogP contribution in [0.3, 0.4) is 0 Å². The van der Waals surface area contributed by atoms with Crippen molar-refractivity contribution in [3.63, 3.8) is 0 Å². The summed E-state index contributed by atoms with van der Waals surface area (Å²) >= 11 is 1.47. The van der Waals surface area contributed by atoms with Crippen molar-refractivity contribution in [1.29, 1.82) is 0 Å². The summed E-state index contributed by atoms with van der Waals surface area (Å²) in [5.41, 5.74) is 6.73. The summed E-state index contributed by atoms with van der Waals surface area (Å²) in [6.45, 7) is 11.5. The molecule has 7 heteroatoms. The van der Waals surface area contributed by atoms with Gasteiger partial charge in [-0.05, 0) is 79.9 Å². The zero-order valence-electron chi connectivity index (χ0n) is 22.5. The maximum atomic E-state index is 13.7. The maximum absolute atomic E-state index is 13.7. The number of aliphatic imine (C=N–C) groups is 1. The molecule has 2 saturated heterocycles. The summed E-state index contributed by atoms with van der Waals surface area (Å²) in [7, 11) is 0. The molecule has 1 aromatic heterocycles. The molecule has 2 aliphatic rings. The molecule has 3 aromatic rings. The van der Waals surface area contributed by atoms with Crippen molar-refractivity contribution in [1.82, 2.24) is 14.4 Å². The van der Waals surface area contributed by atoms with Crippen molar-refractivity contribution in [2.45, 2.75) is 33.6 Å². The van der Waals surface area contributed by atoms with E-state index in [0.717, 1.165) is 78.4 Å². The third kappa shape index (κ3) is 5.80. The molecule has 0 bridgehead atoms. The van der Waals surface area contributed by atoms with Gasteiger partial charge in [-0.15, -0.1) is 0 Å². The van der Waals surface area contributed by atoms with Gasteiger partial charge >= 0.3 is 0 Å². The Labute approximate surface area is 230 Å². The minimum absolute atomic E-state index is 0.0328. The predicted octanol–water partition coefficient (Wildman–Crippen LogP) is 5.98. The molecule has 0 aliphatic carbocycles. The lowest BCUT2D eigenvalue weighted by atomic mass is 10.1. The van der Waals surface area contributed by atoms with E-state index in [0.29, 0.717) is 6.54 Å². The summed E-state index contributed by atoms with van der Waals surface area (Å²) in [5.74, 6) is 0.0328. The molecule has 2 aliphatic heterocycles. The topological polar surface area (TPSA) is 50.1 Å². The number of benzene rings is 2. The van der Waals surface area contributed by atoms with Gasteiger partial charge in [0, 0.05) is 43.3 Å². The van der Waals surface area contributed by atoms with Gasteiger partial charge in [0.1, 0.15) is 0 Å². The number of ether oxygens (including phenoxy) is 1. The summed E-state index contributed by atoms with van der Waals surface area (Å²) in [5, 5.41) is 0.750. The number of rotatable bonds is 8. The van der Waals surface area contributed by atoms with E-state index in [4.69, 9.17) is 9.73 Å². The molecular weight excluding hydrogens is 492 g/mol. The van der Waals surface area contributed by atoms with E-state index in [2.05, 4.69) is 60.6 Å². The second-order valence-electron chi connectivity index (χ2n) is 9.75. The highest BCUT2D eigenvalue weighted by Gasteiger charge is 2.33. The van der Waals surface area contributed by atoms with Crippen LogP contribution in [0.25, 0.3) is 11.8 Å². The quantitative estimate of drug-likeness (QED) is 0.338. The molecule has 0 saturated carbocycles. The summed E-state index contributed by atoms with van der Waals surface area (Å²) in [6.07, 6.45) is 3.91. The number of nitrogens with zero attached hydrogens (tertiary/aromatic N) is 4. The van der Waals surface area contributed by atoms with E-state index in [1.165, 1.54) is 23.0 Å². The fourth-order valence-corrected chi connectivity index (χ4v) is 6.17. The molecule has 198 valence electrons. The Bertz CT molecular complexity index is 1340. The van der Waals surface area contributed by atoms with Crippen molar-refractivity contribution in [2.24, 2.45) is 4.99 Å². The van der Waals surface area contributed by atoms with E-state index in [-0.39, 0.29) is 5.91 Å². The standard InChI is InChI=1S/C31H36N4O2S/c1-4-25-11-8-9-14-28(25)35-23(2)21-26(24(35)3)22-29-30(36)34(16-10-15-33-17-19-37-20-18-33)31(38-29)32-27-12-6-5-7-13-27/h5-9,11-14,21-22H,4,10,15-20H2,1-3H3/b29-22-,32-31?. The number of aryl methyl sites for hydroxylation is 2. The lowest BCUT2D eigenvalue weighted by Gasteiger charge is -2.27. The van der Waals surface area contributed by atoms with Crippen LogP contribution in [-0.4, -0.2) is 64.8 Å². The Morgan fingerprint density at radius 3 is 2.50 bits per heavy atom. The largest absolute Gasteiger partial charge is 0.379 e. The number of thioether (sulfide) groups is 1. The van der Waals surface area contributed by atoms with Crippen LogP contribution in [0, 0.1) is 13.8 Å². The summed E-state index contributed by atoms with van der Waals surface area (Å²) in [4.78, 5) is 23.5. The highest BCUT2D eigenvalue weighted by molar-refractivity contribution is 8.18. The normalized spacial score (nSPS) is 18.7. The van der Waals surface area contributed by atoms with Crippen LogP contribution in [0.2, 0.25) is 0 Å². The highest BCUT2D eigenvalue weighted by Crippen LogP contribution is 2.35. The number of aromatic nitrogens is 1. The monoisotopic (exact) mass is 528 g/mol. The second-order valence-corrected chi connectivity index (χ2v) is 10.8. The van der Waals surface area contributed by atoms with Crippen LogP contribution in [0.1, 0.15) is 35.9 Å². The molecule has 0 N–H and O–H groups in total. The van der Waals surface area contributed by atoms with Gasteiger partial charge in [0.25, 0.3) is 5.91 Å². The van der Waals surface area contributed by atoms with Crippen LogP contribution >= 0.6 is 11.8 Å². The zero-order valence-corrected chi connectivity index (χ0v) is 23.3. The molecule has 2 aromatic carbocycles. The first-order chi connectivity index (χ1) is 18.5. The Kier molecular flexibility index (Phi) is 8.47. The van der Waals surface area contributed by atoms with Gasteiger partial charge in [-0.1, -0.05) is 43.3 Å². The Hall–Kier alpha value is -3.13. The third-order valence-electron chi connectivity index (χ3n) is 7.20. The molecule has 3 heterocycles. The van der Waals surface area contributed by atoms with Crippen LogP contribution < -0.4 is 0 Å². The SMILES string of the molecule is CCc1ccccc1-n1c(C)cc(/C=C2\SC(=Nc3ccccc3)N(CCCN3CCOCC3)C2=O)c1C. The van der Waals surface area contributed by atoms with Gasteiger partial charge in [0.05, 0.1) is 23.8 Å². The van der Waals surface area contributed by atoms with Crippen LogP contribution in [0.15, 0.2) is 70.6 Å². The number of carbonyl (C=O) groups excluding carboxylic acids is 1. The molecule has 6 nitrogen and oxygen atoms in total. The molecule has 5 rings (SSSR count). The predicted molar refractivity (Wildman–Crippen MR) is 157 cm³/mol. The van der Waals surface area contributed by atoms with Gasteiger partial charge in [0.2, 0.25) is 0 Å². The average Bonchev–Trinajstić information content (AvgIpc) is 3.39. The number of carbonyl (C=O) groups is 1. The van der Waals surface area contributed by atoms with E-state index in [1.54, 1.807) is 0 Å². The highest BCUT2D eigenvalue weighted by atomic mass is 32.2. The third-order valence-corrected chi connectivity index (χ3v) is 8.21. The van der Waals surface area contributed by atoms with Gasteiger partial charge in [-0.3, -0.25) is 14.6 Å². The molecule has 0 unspecified atom stereocenters. The van der Waals surface area contributed by atoms with Crippen molar-refractivity contribution < 1.29 is 9.53 Å². The molecule has 0 spiro atoms. The Balaban J connectivity index is 1.42. The van der Waals surface area contributed by atoms with Crippen molar-refractivity contribution in [3.05, 3.63) is 88.1 Å². The van der Waals surface area contributed by atoms with Gasteiger partial charge < -0.3 is 9.30 Å². The molecule has 0 atom stereocenters. The first kappa shape index (κ1) is 26.5. The van der Waals surface area contributed by atoms with E-state index >= 15 is 0 Å². The van der Waals surface area contributed by atoms with E-state index in [1.807, 2.05) is 41.3 Å². The smallest absolute Gasteiger partial charge is 0.266 e. The number of hydrogen-bond acceptors (Lipinski definition) is 5. The molecule has 1 amide bonds. The minimum Gasteiger partial charge on any atom is -0.379 e. The van der Waals surface area contributed by atoms with Crippen LogP contribution in [0.5, 0.6) is 0 Å². The number of morpholine rings is 1. The van der Waals surface area contributed by atoms with Crippen molar-refractivity contribution in [2.75, 3.05) is 39.4 Å². The summed E-state index contributed by atoms with van der Waals surface area (Å²) < 4.78 is 7.77. The minimum atomic E-state index is 0.0328. The number of para-hydroxylation sites is 2. The number of amidine groups is 1. The molecule has 38 heavy (non-hydrogen) atoms. The molecule has 0 radical (unpaired) electrons. The van der Waals surface area contributed by atoms with Gasteiger partial charge in [-0.2, -0.15) is 0 Å². The van der Waals surface area contributed by atoms with Crippen molar-refractivity contribution in [3.8, 4) is 5.69 Å². The molecular formula is C31H36N4O2S. The van der Waals surface area contributed by atoms with E-state index < -0.39 is 0 Å². The van der Waals surface area contributed by atoms with Crippen LogP contribution in [-0.2, 0) is 16.0 Å². The first-order valence-corrected chi connectivity index (χ1v) is 14.3. The first-order valence-electron chi connectivity index (χ1n) is 13.5. The second kappa shape index (κ2) is 12.2. The number of hydrogen-bond donors (Lipinski definition) is 0. The zero-order chi connectivity index (χ0) is 26.5. The van der Waals surface area contributed by atoms with Crippen LogP contribution in [0.4, 0.5) is 5.69 Å². The maximum Gasteiger partial charge on any atom is 0.266 e. The van der Waals surface area contributed by atoms with Crippen molar-refractivity contribution >= 4 is 34.6 Å². The lowest BCUT2D eigenvalue weighted by molar-refractivity contribution is -0.122. The lowest BCUT2D eigenvalue weighted by Crippen LogP contribution is -2.38. The Morgan fingerprint density at radius 2 is 1.74 bits per heavy atom.